The molecule has 0 N–H and O–H groups in total. The van der Waals surface area contributed by atoms with Crippen LogP contribution in [0.1, 0.15) is 42.1 Å². The van der Waals surface area contributed by atoms with Gasteiger partial charge in [0.1, 0.15) is 5.75 Å². The first kappa shape index (κ1) is 21.7. The highest BCUT2D eigenvalue weighted by atomic mass is 35.5. The number of hydrogen-bond donors (Lipinski definition) is 0. The molecule has 0 saturated carbocycles. The molecule has 0 bridgehead atoms. The van der Waals surface area contributed by atoms with Crippen molar-refractivity contribution in [2.45, 2.75) is 38.8 Å². The molecule has 156 valence electrons. The lowest BCUT2D eigenvalue weighted by atomic mass is 10.1. The Bertz CT molecular complexity index is 944. The number of nitrogens with zero attached hydrogens (tertiary/aromatic N) is 1. The van der Waals surface area contributed by atoms with E-state index in [1.165, 1.54) is 0 Å². The predicted molar refractivity (Wildman–Crippen MR) is 115 cm³/mol. The molecule has 29 heavy (non-hydrogen) atoms. The molecule has 0 aromatic heterocycles. The number of unbranched alkanes of at least 4 members (excludes halogenated alkanes) is 1. The molecule has 1 amide bonds. The second kappa shape index (κ2) is 9.63. The van der Waals surface area contributed by atoms with Gasteiger partial charge in [-0.3, -0.25) is 4.79 Å². The largest absolute Gasteiger partial charge is 0.494 e. The Hall–Kier alpha value is -2.05. The van der Waals surface area contributed by atoms with Crippen LogP contribution in [-0.4, -0.2) is 43.4 Å². The van der Waals surface area contributed by atoms with Gasteiger partial charge in [-0.2, -0.15) is 0 Å². The molecule has 1 atom stereocenters. The van der Waals surface area contributed by atoms with Crippen LogP contribution in [0.4, 0.5) is 0 Å². The summed E-state index contributed by atoms with van der Waals surface area (Å²) in [6, 6.07) is 14.0. The van der Waals surface area contributed by atoms with Crippen LogP contribution in [-0.2, 0) is 16.4 Å². The number of rotatable bonds is 8. The number of amides is 1. The molecule has 2 aromatic rings. The van der Waals surface area contributed by atoms with Crippen molar-refractivity contribution in [3.8, 4) is 5.75 Å². The summed E-state index contributed by atoms with van der Waals surface area (Å²) in [5.41, 5.74) is 1.38. The van der Waals surface area contributed by atoms with Crippen molar-refractivity contribution in [2.24, 2.45) is 0 Å². The molecule has 1 aliphatic heterocycles. The number of sulfone groups is 1. The average Bonchev–Trinajstić information content (AvgIpc) is 3.06. The van der Waals surface area contributed by atoms with Crippen LogP contribution in [0.25, 0.3) is 0 Å². The maximum Gasteiger partial charge on any atom is 0.254 e. The zero-order chi connectivity index (χ0) is 20.9. The summed E-state index contributed by atoms with van der Waals surface area (Å²) in [6.07, 6.45) is 2.48. The number of carbonyl (C=O) groups is 1. The van der Waals surface area contributed by atoms with Crippen molar-refractivity contribution >= 4 is 27.3 Å². The van der Waals surface area contributed by atoms with Crippen LogP contribution in [0.2, 0.25) is 5.02 Å². The van der Waals surface area contributed by atoms with Crippen molar-refractivity contribution in [3.63, 3.8) is 0 Å². The third kappa shape index (κ3) is 5.97. The SMILES string of the molecule is CCCCOc1ccc(C(=O)N(Cc2cccc(Cl)c2)C2CCS(=O)(=O)C2)cc1. The standard InChI is InChI=1S/C22H26ClNO4S/c1-2-3-12-28-21-9-7-18(8-10-21)22(25)24(20-11-13-29(26,27)16-20)15-17-5-4-6-19(23)14-17/h4-10,14,20H,2-3,11-13,15-16H2,1H3. The van der Waals surface area contributed by atoms with E-state index in [1.54, 1.807) is 41.3 Å². The van der Waals surface area contributed by atoms with E-state index in [-0.39, 0.29) is 23.5 Å². The van der Waals surface area contributed by atoms with Gasteiger partial charge in [-0.25, -0.2) is 8.42 Å². The fourth-order valence-electron chi connectivity index (χ4n) is 3.41. The smallest absolute Gasteiger partial charge is 0.254 e. The van der Waals surface area contributed by atoms with Crippen molar-refractivity contribution in [3.05, 3.63) is 64.7 Å². The van der Waals surface area contributed by atoms with E-state index in [1.807, 2.05) is 12.1 Å². The minimum Gasteiger partial charge on any atom is -0.494 e. The number of halogens is 1. The molecule has 3 rings (SSSR count). The van der Waals surface area contributed by atoms with Gasteiger partial charge in [0.25, 0.3) is 5.91 Å². The zero-order valence-electron chi connectivity index (χ0n) is 16.5. The monoisotopic (exact) mass is 435 g/mol. The van der Waals surface area contributed by atoms with Crippen LogP contribution in [0.3, 0.4) is 0 Å². The first-order valence-electron chi connectivity index (χ1n) is 9.86. The minimum atomic E-state index is -3.12. The molecule has 5 nitrogen and oxygen atoms in total. The average molecular weight is 436 g/mol. The lowest BCUT2D eigenvalue weighted by Crippen LogP contribution is -2.40. The number of hydrogen-bond acceptors (Lipinski definition) is 4. The normalized spacial score (nSPS) is 17.8. The molecule has 0 spiro atoms. The van der Waals surface area contributed by atoms with Gasteiger partial charge >= 0.3 is 0 Å². The molecular weight excluding hydrogens is 410 g/mol. The topological polar surface area (TPSA) is 63.7 Å². The van der Waals surface area contributed by atoms with Gasteiger partial charge in [0.2, 0.25) is 0 Å². The second-order valence-electron chi connectivity index (χ2n) is 7.35. The van der Waals surface area contributed by atoms with Crippen LogP contribution in [0.15, 0.2) is 48.5 Å². The highest BCUT2D eigenvalue weighted by molar-refractivity contribution is 7.91. The second-order valence-corrected chi connectivity index (χ2v) is 10.0. The van der Waals surface area contributed by atoms with E-state index >= 15 is 0 Å². The maximum atomic E-state index is 13.3. The highest BCUT2D eigenvalue weighted by Gasteiger charge is 2.35. The van der Waals surface area contributed by atoms with Gasteiger partial charge in [0.15, 0.2) is 9.84 Å². The number of benzene rings is 2. The third-order valence-corrected chi connectivity index (χ3v) is 7.01. The van der Waals surface area contributed by atoms with E-state index in [2.05, 4.69) is 6.92 Å². The number of ether oxygens (including phenoxy) is 1. The summed E-state index contributed by atoms with van der Waals surface area (Å²) in [6.45, 7) is 3.06. The van der Waals surface area contributed by atoms with E-state index < -0.39 is 9.84 Å². The lowest BCUT2D eigenvalue weighted by molar-refractivity contribution is 0.0681. The minimum absolute atomic E-state index is 0.00246. The molecular formula is C22H26ClNO4S. The molecule has 1 unspecified atom stereocenters. The quantitative estimate of drug-likeness (QED) is 0.578. The molecule has 1 heterocycles. The fourth-order valence-corrected chi connectivity index (χ4v) is 5.36. The van der Waals surface area contributed by atoms with Gasteiger partial charge in [-0.1, -0.05) is 37.1 Å². The van der Waals surface area contributed by atoms with Crippen molar-refractivity contribution in [1.82, 2.24) is 4.90 Å². The number of carbonyl (C=O) groups excluding carboxylic acids is 1. The predicted octanol–water partition coefficient (Wildman–Crippen LogP) is 4.35. The van der Waals surface area contributed by atoms with Crippen LogP contribution < -0.4 is 4.74 Å². The summed E-state index contributed by atoms with van der Waals surface area (Å²) in [5, 5.41) is 0.586. The highest BCUT2D eigenvalue weighted by Crippen LogP contribution is 2.24. The first-order chi connectivity index (χ1) is 13.9. The Morgan fingerprint density at radius 1 is 1.21 bits per heavy atom. The van der Waals surface area contributed by atoms with Crippen LogP contribution >= 0.6 is 11.6 Å². The fraction of sp³-hybridized carbons (Fsp3) is 0.409. The Balaban J connectivity index is 1.80. The third-order valence-electron chi connectivity index (χ3n) is 5.02. The van der Waals surface area contributed by atoms with Gasteiger partial charge in [-0.15, -0.1) is 0 Å². The Kier molecular flexibility index (Phi) is 7.19. The van der Waals surface area contributed by atoms with Crippen LogP contribution in [0, 0.1) is 0 Å². The van der Waals surface area contributed by atoms with Gasteiger partial charge in [0, 0.05) is 23.2 Å². The molecule has 1 fully saturated rings. The molecule has 0 aliphatic carbocycles. The van der Waals surface area contributed by atoms with Gasteiger partial charge in [0.05, 0.1) is 18.1 Å². The van der Waals surface area contributed by atoms with Crippen molar-refractivity contribution in [1.29, 1.82) is 0 Å². The summed E-state index contributed by atoms with van der Waals surface area (Å²) in [4.78, 5) is 14.9. The molecule has 1 aliphatic rings. The first-order valence-corrected chi connectivity index (χ1v) is 12.1. The molecule has 0 radical (unpaired) electrons. The summed E-state index contributed by atoms with van der Waals surface area (Å²) in [5.74, 6) is 0.644. The van der Waals surface area contributed by atoms with E-state index in [0.717, 1.165) is 24.2 Å². The van der Waals surface area contributed by atoms with E-state index in [0.29, 0.717) is 30.2 Å². The van der Waals surface area contributed by atoms with E-state index in [9.17, 15) is 13.2 Å². The lowest BCUT2D eigenvalue weighted by Gasteiger charge is -2.28. The Morgan fingerprint density at radius 2 is 1.97 bits per heavy atom. The van der Waals surface area contributed by atoms with Crippen molar-refractivity contribution < 1.29 is 17.9 Å². The molecule has 2 aromatic carbocycles. The summed E-state index contributed by atoms with van der Waals surface area (Å²) in [7, 11) is -3.12. The summed E-state index contributed by atoms with van der Waals surface area (Å²) < 4.78 is 29.7. The Labute approximate surface area is 177 Å². The van der Waals surface area contributed by atoms with Crippen LogP contribution in [0.5, 0.6) is 5.75 Å². The Morgan fingerprint density at radius 3 is 2.59 bits per heavy atom. The maximum absolute atomic E-state index is 13.3. The molecule has 1 saturated heterocycles. The zero-order valence-corrected chi connectivity index (χ0v) is 18.1. The van der Waals surface area contributed by atoms with Gasteiger partial charge < -0.3 is 9.64 Å². The summed E-state index contributed by atoms with van der Waals surface area (Å²) >= 11 is 6.09. The van der Waals surface area contributed by atoms with E-state index in [4.69, 9.17) is 16.3 Å². The van der Waals surface area contributed by atoms with Gasteiger partial charge in [-0.05, 0) is 54.8 Å². The van der Waals surface area contributed by atoms with Crippen molar-refractivity contribution in [2.75, 3.05) is 18.1 Å². The molecule has 7 heteroatoms.